The number of aryl methyl sites for hydroxylation is 1. The van der Waals surface area contributed by atoms with Gasteiger partial charge in [-0.3, -0.25) is 4.84 Å². The van der Waals surface area contributed by atoms with Crippen LogP contribution in [0.3, 0.4) is 0 Å². The first-order valence-electron chi connectivity index (χ1n) is 6.23. The summed E-state index contributed by atoms with van der Waals surface area (Å²) in [7, 11) is 0. The Kier molecular flexibility index (Phi) is 4.51. The number of hydroxylamine groups is 1. The van der Waals surface area contributed by atoms with Gasteiger partial charge >= 0.3 is 0 Å². The molecule has 1 N–H and O–H groups in total. The molecule has 0 saturated carbocycles. The van der Waals surface area contributed by atoms with Gasteiger partial charge in [-0.05, 0) is 25.0 Å². The third-order valence-corrected chi connectivity index (χ3v) is 2.92. The lowest BCUT2D eigenvalue weighted by Gasteiger charge is -2.14. The minimum atomic E-state index is 0.189. The molecule has 94 valence electrons. The van der Waals surface area contributed by atoms with E-state index in [9.17, 15) is 0 Å². The van der Waals surface area contributed by atoms with Crippen molar-refractivity contribution < 1.29 is 4.84 Å². The van der Waals surface area contributed by atoms with E-state index in [1.807, 2.05) is 18.2 Å². The van der Waals surface area contributed by atoms with Gasteiger partial charge in [0, 0.05) is 0 Å². The van der Waals surface area contributed by atoms with Gasteiger partial charge in [0.15, 0.2) is 0 Å². The van der Waals surface area contributed by atoms with Crippen molar-refractivity contribution in [2.75, 3.05) is 0 Å². The van der Waals surface area contributed by atoms with Crippen molar-refractivity contribution in [3.8, 4) is 0 Å². The van der Waals surface area contributed by atoms with Crippen LogP contribution in [0.1, 0.15) is 29.7 Å². The molecule has 2 aromatic rings. The van der Waals surface area contributed by atoms with Crippen molar-refractivity contribution in [1.29, 1.82) is 0 Å². The predicted octanol–water partition coefficient (Wildman–Crippen LogP) is 3.78. The van der Waals surface area contributed by atoms with Crippen molar-refractivity contribution in [2.24, 2.45) is 0 Å². The second-order valence-corrected chi connectivity index (χ2v) is 4.52. The first kappa shape index (κ1) is 12.8. The van der Waals surface area contributed by atoms with E-state index in [0.717, 1.165) is 0 Å². The van der Waals surface area contributed by atoms with E-state index in [4.69, 9.17) is 4.84 Å². The summed E-state index contributed by atoms with van der Waals surface area (Å²) >= 11 is 0. The standard InChI is InChI=1S/C16H19NO/c1-13-8-10-16(11-9-13)14(2)17-18-12-15-6-4-3-5-7-15/h3-11,14,17H,12H2,1-2H3. The molecule has 0 fully saturated rings. The number of nitrogens with one attached hydrogen (secondary N) is 1. The largest absolute Gasteiger partial charge is 0.296 e. The van der Waals surface area contributed by atoms with E-state index in [0.29, 0.717) is 6.61 Å². The number of rotatable bonds is 5. The van der Waals surface area contributed by atoms with E-state index >= 15 is 0 Å². The Morgan fingerprint density at radius 1 is 1.00 bits per heavy atom. The average molecular weight is 241 g/mol. The Morgan fingerprint density at radius 2 is 1.67 bits per heavy atom. The van der Waals surface area contributed by atoms with Crippen LogP contribution >= 0.6 is 0 Å². The molecule has 2 rings (SSSR count). The molecule has 1 unspecified atom stereocenters. The van der Waals surface area contributed by atoms with E-state index in [1.165, 1.54) is 16.7 Å². The Labute approximate surface area is 109 Å². The van der Waals surface area contributed by atoms with Crippen molar-refractivity contribution in [3.63, 3.8) is 0 Å². The van der Waals surface area contributed by atoms with E-state index in [1.54, 1.807) is 0 Å². The topological polar surface area (TPSA) is 21.3 Å². The molecule has 0 radical (unpaired) electrons. The Morgan fingerprint density at radius 3 is 2.33 bits per heavy atom. The third kappa shape index (κ3) is 3.69. The average Bonchev–Trinajstić information content (AvgIpc) is 2.40. The molecule has 0 spiro atoms. The summed E-state index contributed by atoms with van der Waals surface area (Å²) in [6.07, 6.45) is 0. The number of hydrogen-bond acceptors (Lipinski definition) is 2. The summed E-state index contributed by atoms with van der Waals surface area (Å²) in [5.41, 5.74) is 6.74. The molecular weight excluding hydrogens is 222 g/mol. The molecule has 0 aromatic heterocycles. The second-order valence-electron chi connectivity index (χ2n) is 4.52. The smallest absolute Gasteiger partial charge is 0.0933 e. The van der Waals surface area contributed by atoms with E-state index in [2.05, 4.69) is 55.7 Å². The lowest BCUT2D eigenvalue weighted by atomic mass is 10.1. The third-order valence-electron chi connectivity index (χ3n) is 2.92. The molecule has 0 amide bonds. The summed E-state index contributed by atoms with van der Waals surface area (Å²) < 4.78 is 0. The van der Waals surface area contributed by atoms with Gasteiger partial charge in [-0.15, -0.1) is 0 Å². The summed E-state index contributed by atoms with van der Waals surface area (Å²) in [6.45, 7) is 4.76. The number of hydrogen-bond donors (Lipinski definition) is 1. The highest BCUT2D eigenvalue weighted by Gasteiger charge is 2.04. The van der Waals surface area contributed by atoms with Crippen LogP contribution < -0.4 is 5.48 Å². The highest BCUT2D eigenvalue weighted by Crippen LogP contribution is 2.13. The van der Waals surface area contributed by atoms with Gasteiger partial charge in [-0.2, -0.15) is 5.48 Å². The van der Waals surface area contributed by atoms with Crippen LogP contribution in [0, 0.1) is 6.92 Å². The summed E-state index contributed by atoms with van der Waals surface area (Å²) in [4.78, 5) is 5.52. The monoisotopic (exact) mass is 241 g/mol. The van der Waals surface area contributed by atoms with Crippen LogP contribution in [0.4, 0.5) is 0 Å². The lowest BCUT2D eigenvalue weighted by Crippen LogP contribution is -2.18. The van der Waals surface area contributed by atoms with Gasteiger partial charge in [0.2, 0.25) is 0 Å². The predicted molar refractivity (Wildman–Crippen MR) is 74.0 cm³/mol. The minimum absolute atomic E-state index is 0.189. The normalized spacial score (nSPS) is 12.3. The summed E-state index contributed by atoms with van der Waals surface area (Å²) in [5.74, 6) is 0. The summed E-state index contributed by atoms with van der Waals surface area (Å²) in [6, 6.07) is 18.8. The van der Waals surface area contributed by atoms with Crippen molar-refractivity contribution in [1.82, 2.24) is 5.48 Å². The Hall–Kier alpha value is -1.64. The van der Waals surface area contributed by atoms with Crippen LogP contribution in [0.2, 0.25) is 0 Å². The molecular formula is C16H19NO. The van der Waals surface area contributed by atoms with Gasteiger partial charge in [-0.25, -0.2) is 0 Å². The first-order valence-corrected chi connectivity index (χ1v) is 6.23. The van der Waals surface area contributed by atoms with Crippen molar-refractivity contribution in [2.45, 2.75) is 26.5 Å². The van der Waals surface area contributed by atoms with Crippen molar-refractivity contribution >= 4 is 0 Å². The van der Waals surface area contributed by atoms with Crippen LogP contribution in [0.5, 0.6) is 0 Å². The molecule has 0 aliphatic heterocycles. The maximum Gasteiger partial charge on any atom is 0.0933 e. The zero-order valence-electron chi connectivity index (χ0n) is 10.9. The van der Waals surface area contributed by atoms with E-state index < -0.39 is 0 Å². The molecule has 18 heavy (non-hydrogen) atoms. The van der Waals surface area contributed by atoms with Crippen LogP contribution in [0.15, 0.2) is 54.6 Å². The maximum absolute atomic E-state index is 5.52. The molecule has 2 nitrogen and oxygen atoms in total. The molecule has 2 aromatic carbocycles. The zero-order chi connectivity index (χ0) is 12.8. The highest BCUT2D eigenvalue weighted by molar-refractivity contribution is 5.23. The van der Waals surface area contributed by atoms with Gasteiger partial charge in [0.05, 0.1) is 12.6 Å². The zero-order valence-corrected chi connectivity index (χ0v) is 10.9. The Balaban J connectivity index is 1.81. The van der Waals surface area contributed by atoms with Gasteiger partial charge < -0.3 is 0 Å². The van der Waals surface area contributed by atoms with Crippen LogP contribution in [-0.4, -0.2) is 0 Å². The van der Waals surface area contributed by atoms with E-state index in [-0.39, 0.29) is 6.04 Å². The molecule has 1 atom stereocenters. The fourth-order valence-corrected chi connectivity index (χ4v) is 1.75. The SMILES string of the molecule is Cc1ccc(C(C)NOCc2ccccc2)cc1. The molecule has 0 aliphatic rings. The number of benzene rings is 2. The quantitative estimate of drug-likeness (QED) is 0.804. The summed E-state index contributed by atoms with van der Waals surface area (Å²) in [5, 5.41) is 0. The lowest BCUT2D eigenvalue weighted by molar-refractivity contribution is 0.00698. The fraction of sp³-hybridized carbons (Fsp3) is 0.250. The van der Waals surface area contributed by atoms with Gasteiger partial charge in [-0.1, -0.05) is 60.2 Å². The molecule has 0 aliphatic carbocycles. The van der Waals surface area contributed by atoms with Crippen molar-refractivity contribution in [3.05, 3.63) is 71.3 Å². The van der Waals surface area contributed by atoms with Crippen LogP contribution in [-0.2, 0) is 11.4 Å². The molecule has 2 heteroatoms. The Bertz CT molecular complexity index is 464. The van der Waals surface area contributed by atoms with Gasteiger partial charge in [0.1, 0.15) is 0 Å². The fourth-order valence-electron chi connectivity index (χ4n) is 1.75. The first-order chi connectivity index (χ1) is 8.75. The molecule has 0 heterocycles. The van der Waals surface area contributed by atoms with Gasteiger partial charge in [0.25, 0.3) is 0 Å². The van der Waals surface area contributed by atoms with Crippen LogP contribution in [0.25, 0.3) is 0 Å². The molecule has 0 saturated heterocycles. The minimum Gasteiger partial charge on any atom is -0.296 e. The highest BCUT2D eigenvalue weighted by atomic mass is 16.6. The second kappa shape index (κ2) is 6.34. The molecule has 0 bridgehead atoms. The maximum atomic E-state index is 5.52.